The van der Waals surface area contributed by atoms with Crippen molar-refractivity contribution in [2.75, 3.05) is 11.9 Å². The Balaban J connectivity index is 2.05. The van der Waals surface area contributed by atoms with Crippen LogP contribution in [0.2, 0.25) is 0 Å². The maximum Gasteiger partial charge on any atom is 0.164 e. The third-order valence-corrected chi connectivity index (χ3v) is 3.57. The summed E-state index contributed by atoms with van der Waals surface area (Å²) in [5.74, 6) is -0.727. The number of carbonyl (C=O) groups excluding carboxylic acids is 1. The Kier molecular flexibility index (Phi) is 4.10. The van der Waals surface area contributed by atoms with Crippen LogP contribution in [0, 0.1) is 5.82 Å². The van der Waals surface area contributed by atoms with E-state index in [-0.39, 0.29) is 11.3 Å². The second-order valence-corrected chi connectivity index (χ2v) is 5.01. The topological polar surface area (TPSA) is 29.1 Å². The van der Waals surface area contributed by atoms with Crippen LogP contribution in [0.15, 0.2) is 35.7 Å². The maximum absolute atomic E-state index is 13.5. The minimum atomic E-state index is -0.469. The van der Waals surface area contributed by atoms with Crippen LogP contribution in [0.1, 0.15) is 22.2 Å². The zero-order chi connectivity index (χ0) is 13.0. The van der Waals surface area contributed by atoms with E-state index in [0.29, 0.717) is 12.2 Å². The van der Waals surface area contributed by atoms with Crippen molar-refractivity contribution in [2.24, 2.45) is 0 Å². The van der Waals surface area contributed by atoms with Crippen LogP contribution in [0.5, 0.6) is 0 Å². The number of carbonyl (C=O) groups is 1. The van der Waals surface area contributed by atoms with Gasteiger partial charge in [-0.3, -0.25) is 4.79 Å². The van der Waals surface area contributed by atoms with E-state index in [2.05, 4.69) is 11.4 Å². The summed E-state index contributed by atoms with van der Waals surface area (Å²) in [5, 5.41) is 5.15. The molecule has 0 saturated heterocycles. The molecule has 1 N–H and O–H groups in total. The number of ketones is 1. The number of anilines is 1. The SMILES string of the molecule is CC(=O)c1c(F)cccc1NCCc1cccs1. The van der Waals surface area contributed by atoms with Crippen LogP contribution in [-0.4, -0.2) is 12.3 Å². The summed E-state index contributed by atoms with van der Waals surface area (Å²) in [7, 11) is 0. The molecule has 1 heterocycles. The van der Waals surface area contributed by atoms with Gasteiger partial charge in [-0.1, -0.05) is 12.1 Å². The molecule has 0 saturated carbocycles. The molecule has 0 bridgehead atoms. The van der Waals surface area contributed by atoms with E-state index in [1.54, 1.807) is 23.5 Å². The molecule has 18 heavy (non-hydrogen) atoms. The van der Waals surface area contributed by atoms with E-state index in [4.69, 9.17) is 0 Å². The normalized spacial score (nSPS) is 10.3. The first-order valence-corrected chi connectivity index (χ1v) is 6.62. The van der Waals surface area contributed by atoms with Crippen molar-refractivity contribution in [1.29, 1.82) is 0 Å². The van der Waals surface area contributed by atoms with Gasteiger partial charge < -0.3 is 5.32 Å². The van der Waals surface area contributed by atoms with Crippen LogP contribution in [0.4, 0.5) is 10.1 Å². The molecule has 0 atom stereocenters. The highest BCUT2D eigenvalue weighted by atomic mass is 32.1. The number of halogens is 1. The molecule has 0 radical (unpaired) electrons. The summed E-state index contributed by atoms with van der Waals surface area (Å²) >= 11 is 1.69. The number of hydrogen-bond acceptors (Lipinski definition) is 3. The summed E-state index contributed by atoms with van der Waals surface area (Å²) < 4.78 is 13.5. The molecule has 0 aliphatic heterocycles. The van der Waals surface area contributed by atoms with Crippen molar-refractivity contribution in [2.45, 2.75) is 13.3 Å². The molecule has 1 aromatic heterocycles. The Labute approximate surface area is 109 Å². The molecule has 2 nitrogen and oxygen atoms in total. The Morgan fingerprint density at radius 1 is 1.33 bits per heavy atom. The molecule has 2 aromatic rings. The Bertz CT molecular complexity index is 537. The molecule has 1 aromatic carbocycles. The van der Waals surface area contributed by atoms with Gasteiger partial charge in [-0.05, 0) is 36.9 Å². The van der Waals surface area contributed by atoms with E-state index in [1.807, 2.05) is 11.4 Å². The second-order valence-electron chi connectivity index (χ2n) is 3.97. The van der Waals surface area contributed by atoms with Crippen LogP contribution in [0.3, 0.4) is 0 Å². The molecular formula is C14H14FNOS. The molecule has 2 rings (SSSR count). The van der Waals surface area contributed by atoms with E-state index in [1.165, 1.54) is 17.9 Å². The number of benzene rings is 1. The highest BCUT2D eigenvalue weighted by Crippen LogP contribution is 2.19. The number of Topliss-reactive ketones (excluding diaryl/α,β-unsaturated/α-hetero) is 1. The van der Waals surface area contributed by atoms with Gasteiger partial charge in [-0.25, -0.2) is 4.39 Å². The van der Waals surface area contributed by atoms with Gasteiger partial charge in [0.2, 0.25) is 0 Å². The monoisotopic (exact) mass is 263 g/mol. The molecule has 0 fully saturated rings. The fourth-order valence-corrected chi connectivity index (χ4v) is 2.51. The van der Waals surface area contributed by atoms with E-state index >= 15 is 0 Å². The minimum absolute atomic E-state index is 0.142. The number of hydrogen-bond donors (Lipinski definition) is 1. The first kappa shape index (κ1) is 12.8. The Hall–Kier alpha value is -1.68. The molecule has 0 aliphatic rings. The molecule has 94 valence electrons. The highest BCUT2D eigenvalue weighted by molar-refractivity contribution is 7.09. The molecule has 0 aliphatic carbocycles. The zero-order valence-corrected chi connectivity index (χ0v) is 10.9. The number of nitrogens with one attached hydrogen (secondary N) is 1. The van der Waals surface area contributed by atoms with Crippen molar-refractivity contribution >= 4 is 22.8 Å². The molecule has 0 amide bonds. The van der Waals surface area contributed by atoms with Gasteiger partial charge in [0.15, 0.2) is 5.78 Å². The second kappa shape index (κ2) is 5.78. The summed E-state index contributed by atoms with van der Waals surface area (Å²) in [6.45, 7) is 2.06. The fraction of sp³-hybridized carbons (Fsp3) is 0.214. The van der Waals surface area contributed by atoms with E-state index in [0.717, 1.165) is 6.42 Å². The van der Waals surface area contributed by atoms with Gasteiger partial charge in [0.25, 0.3) is 0 Å². The summed E-state index contributed by atoms with van der Waals surface area (Å²) in [5.41, 5.74) is 0.711. The third kappa shape index (κ3) is 2.96. The predicted octanol–water partition coefficient (Wildman–Crippen LogP) is 3.74. The van der Waals surface area contributed by atoms with Crippen LogP contribution in [-0.2, 0) is 6.42 Å². The highest BCUT2D eigenvalue weighted by Gasteiger charge is 2.12. The zero-order valence-electron chi connectivity index (χ0n) is 10.1. The standard InChI is InChI=1S/C14H14FNOS/c1-10(17)14-12(15)5-2-6-13(14)16-8-7-11-4-3-9-18-11/h2-6,9,16H,7-8H2,1H3. The van der Waals surface area contributed by atoms with E-state index < -0.39 is 5.82 Å². The maximum atomic E-state index is 13.5. The van der Waals surface area contributed by atoms with Crippen molar-refractivity contribution < 1.29 is 9.18 Å². The van der Waals surface area contributed by atoms with Crippen molar-refractivity contribution in [3.8, 4) is 0 Å². The number of thiophene rings is 1. The fourth-order valence-electron chi connectivity index (χ4n) is 1.80. The lowest BCUT2D eigenvalue weighted by molar-refractivity contribution is 0.101. The minimum Gasteiger partial charge on any atom is -0.384 e. The van der Waals surface area contributed by atoms with Gasteiger partial charge in [0.1, 0.15) is 5.82 Å². The quantitative estimate of drug-likeness (QED) is 0.832. The van der Waals surface area contributed by atoms with E-state index in [9.17, 15) is 9.18 Å². The Morgan fingerprint density at radius 3 is 2.83 bits per heavy atom. The third-order valence-electron chi connectivity index (χ3n) is 2.63. The lowest BCUT2D eigenvalue weighted by atomic mass is 10.1. The van der Waals surface area contributed by atoms with Crippen molar-refractivity contribution in [3.63, 3.8) is 0 Å². The largest absolute Gasteiger partial charge is 0.384 e. The first-order chi connectivity index (χ1) is 8.68. The van der Waals surface area contributed by atoms with Gasteiger partial charge in [-0.15, -0.1) is 11.3 Å². The predicted molar refractivity (Wildman–Crippen MR) is 72.9 cm³/mol. The van der Waals surface area contributed by atoms with Gasteiger partial charge in [0.05, 0.1) is 5.56 Å². The van der Waals surface area contributed by atoms with Gasteiger partial charge in [0, 0.05) is 17.1 Å². The Morgan fingerprint density at radius 2 is 2.17 bits per heavy atom. The lowest BCUT2D eigenvalue weighted by Crippen LogP contribution is -2.09. The number of rotatable bonds is 5. The van der Waals surface area contributed by atoms with Crippen molar-refractivity contribution in [3.05, 3.63) is 52.0 Å². The molecule has 0 unspecified atom stereocenters. The van der Waals surface area contributed by atoms with Crippen LogP contribution >= 0.6 is 11.3 Å². The van der Waals surface area contributed by atoms with Gasteiger partial charge >= 0.3 is 0 Å². The average molecular weight is 263 g/mol. The molecule has 4 heteroatoms. The van der Waals surface area contributed by atoms with Gasteiger partial charge in [-0.2, -0.15) is 0 Å². The van der Waals surface area contributed by atoms with Crippen LogP contribution < -0.4 is 5.32 Å². The van der Waals surface area contributed by atoms with Crippen molar-refractivity contribution in [1.82, 2.24) is 0 Å². The lowest BCUT2D eigenvalue weighted by Gasteiger charge is -2.10. The molecule has 0 spiro atoms. The summed E-state index contributed by atoms with van der Waals surface area (Å²) in [4.78, 5) is 12.7. The average Bonchev–Trinajstić information content (AvgIpc) is 2.81. The van der Waals surface area contributed by atoms with Crippen LogP contribution in [0.25, 0.3) is 0 Å². The first-order valence-electron chi connectivity index (χ1n) is 5.74. The summed E-state index contributed by atoms with van der Waals surface area (Å²) in [6, 6.07) is 8.71. The smallest absolute Gasteiger partial charge is 0.164 e. The molecular weight excluding hydrogens is 249 g/mol. The summed E-state index contributed by atoms with van der Waals surface area (Å²) in [6.07, 6.45) is 0.867.